The fourth-order valence-corrected chi connectivity index (χ4v) is 4.84. The van der Waals surface area contributed by atoms with E-state index in [-0.39, 0.29) is 17.9 Å². The van der Waals surface area contributed by atoms with Crippen LogP contribution in [0.25, 0.3) is 5.69 Å². The summed E-state index contributed by atoms with van der Waals surface area (Å²) in [6.07, 6.45) is 2.63. The Labute approximate surface area is 227 Å². The minimum absolute atomic E-state index is 0.00862. The molecule has 2 aliphatic rings. The Morgan fingerprint density at radius 3 is 2.36 bits per heavy atom. The lowest BCUT2D eigenvalue weighted by Crippen LogP contribution is -2.41. The van der Waals surface area contributed by atoms with E-state index in [0.717, 1.165) is 17.1 Å². The van der Waals surface area contributed by atoms with Crippen molar-refractivity contribution in [3.63, 3.8) is 0 Å². The zero-order valence-corrected chi connectivity index (χ0v) is 22.7. The number of hydrogen-bond acceptors (Lipinski definition) is 7. The molecule has 3 aromatic rings. The van der Waals surface area contributed by atoms with Crippen LogP contribution < -0.4 is 19.5 Å². The monoisotopic (exact) mass is 534 g/mol. The molecule has 10 nitrogen and oxygen atoms in total. The first-order chi connectivity index (χ1) is 18.7. The molecule has 5 rings (SSSR count). The van der Waals surface area contributed by atoms with Gasteiger partial charge in [-0.05, 0) is 70.0 Å². The highest BCUT2D eigenvalue weighted by Crippen LogP contribution is 2.35. The molecular weight excluding hydrogens is 500 g/mol. The van der Waals surface area contributed by atoms with Crippen LogP contribution in [0.4, 0.5) is 10.5 Å². The molecule has 10 heteroatoms. The molecule has 2 amide bonds. The predicted octanol–water partition coefficient (Wildman–Crippen LogP) is 5.02. The minimum atomic E-state index is -0.556. The average molecular weight is 535 g/mol. The van der Waals surface area contributed by atoms with Gasteiger partial charge in [0.2, 0.25) is 0 Å². The van der Waals surface area contributed by atoms with E-state index in [1.165, 1.54) is 0 Å². The lowest BCUT2D eigenvalue weighted by Gasteiger charge is -2.34. The summed E-state index contributed by atoms with van der Waals surface area (Å²) in [7, 11) is 1.62. The first-order valence-electron chi connectivity index (χ1n) is 13.1. The Hall–Kier alpha value is -4.21. The lowest BCUT2D eigenvalue weighted by molar-refractivity contribution is 0.0203. The van der Waals surface area contributed by atoms with Crippen LogP contribution in [-0.4, -0.2) is 65.7 Å². The highest BCUT2D eigenvalue weighted by Gasteiger charge is 2.32. The number of fused-ring (bicyclic) bond motifs is 1. The van der Waals surface area contributed by atoms with Gasteiger partial charge in [-0.1, -0.05) is 0 Å². The maximum Gasteiger partial charge on any atom is 0.410 e. The number of benzene rings is 2. The standard InChI is InChI=1S/C29H34N4O6/c1-29(2,3)39-28(35)32-13-11-19(12-14-32)26-23(18-30-33(26)21-6-8-22(36-4)9-7-21)27(34)31-20-5-10-24-25(17-20)38-16-15-37-24/h5-10,17-19H,11-16H2,1-4H3,(H,31,34). The van der Waals surface area contributed by atoms with E-state index in [1.807, 2.05) is 49.7 Å². The van der Waals surface area contributed by atoms with Gasteiger partial charge in [-0.2, -0.15) is 5.10 Å². The number of aromatic nitrogens is 2. The number of carbonyl (C=O) groups excluding carboxylic acids is 2. The molecular formula is C29H34N4O6. The average Bonchev–Trinajstić information content (AvgIpc) is 3.37. The summed E-state index contributed by atoms with van der Waals surface area (Å²) in [4.78, 5) is 27.9. The summed E-state index contributed by atoms with van der Waals surface area (Å²) in [5.41, 5.74) is 2.15. The number of amides is 2. The molecule has 206 valence electrons. The second kappa shape index (κ2) is 10.9. The number of carbonyl (C=O) groups is 2. The van der Waals surface area contributed by atoms with Gasteiger partial charge in [-0.15, -0.1) is 0 Å². The van der Waals surface area contributed by atoms with E-state index in [1.54, 1.807) is 36.4 Å². The molecule has 1 aromatic heterocycles. The molecule has 2 aromatic carbocycles. The SMILES string of the molecule is COc1ccc(-n2ncc(C(=O)Nc3ccc4c(c3)OCCO4)c2C2CCN(C(=O)OC(C)(C)C)CC2)cc1. The fourth-order valence-electron chi connectivity index (χ4n) is 4.84. The van der Waals surface area contributed by atoms with Gasteiger partial charge in [0.15, 0.2) is 11.5 Å². The summed E-state index contributed by atoms with van der Waals surface area (Å²) in [5.74, 6) is 1.73. The van der Waals surface area contributed by atoms with E-state index < -0.39 is 5.60 Å². The topological polar surface area (TPSA) is 104 Å². The van der Waals surface area contributed by atoms with Crippen molar-refractivity contribution in [1.29, 1.82) is 0 Å². The number of rotatable bonds is 5. The maximum absolute atomic E-state index is 13.6. The second-order valence-corrected chi connectivity index (χ2v) is 10.6. The van der Waals surface area contributed by atoms with E-state index >= 15 is 0 Å². The number of likely N-dealkylation sites (tertiary alicyclic amines) is 1. The third-order valence-electron chi connectivity index (χ3n) is 6.70. The molecule has 0 bridgehead atoms. The third kappa shape index (κ3) is 5.94. The third-order valence-corrected chi connectivity index (χ3v) is 6.70. The molecule has 0 spiro atoms. The predicted molar refractivity (Wildman–Crippen MR) is 145 cm³/mol. The van der Waals surface area contributed by atoms with Crippen molar-refractivity contribution in [2.24, 2.45) is 0 Å². The van der Waals surface area contributed by atoms with E-state index in [9.17, 15) is 9.59 Å². The number of hydrogen-bond donors (Lipinski definition) is 1. The molecule has 0 saturated carbocycles. The van der Waals surface area contributed by atoms with E-state index in [0.29, 0.717) is 61.9 Å². The van der Waals surface area contributed by atoms with Crippen LogP contribution in [0.3, 0.4) is 0 Å². The molecule has 0 atom stereocenters. The first-order valence-corrected chi connectivity index (χ1v) is 13.1. The Bertz CT molecular complexity index is 1340. The molecule has 1 fully saturated rings. The van der Waals surface area contributed by atoms with Crippen LogP contribution in [0, 0.1) is 0 Å². The maximum atomic E-state index is 13.6. The zero-order chi connectivity index (χ0) is 27.6. The summed E-state index contributed by atoms with van der Waals surface area (Å²) >= 11 is 0. The summed E-state index contributed by atoms with van der Waals surface area (Å²) in [6.45, 7) is 7.59. The van der Waals surface area contributed by atoms with Crippen LogP contribution in [0.15, 0.2) is 48.7 Å². The number of ether oxygens (including phenoxy) is 4. The van der Waals surface area contributed by atoms with Gasteiger partial charge in [0, 0.05) is 30.8 Å². The molecule has 1 saturated heterocycles. The highest BCUT2D eigenvalue weighted by molar-refractivity contribution is 6.05. The van der Waals surface area contributed by atoms with Gasteiger partial charge in [0.25, 0.3) is 5.91 Å². The van der Waals surface area contributed by atoms with E-state index in [2.05, 4.69) is 10.4 Å². The molecule has 39 heavy (non-hydrogen) atoms. The fraction of sp³-hybridized carbons (Fsp3) is 0.414. The number of anilines is 1. The van der Waals surface area contributed by atoms with Crippen molar-refractivity contribution in [1.82, 2.24) is 14.7 Å². The Balaban J connectivity index is 1.41. The van der Waals surface area contributed by atoms with Crippen LogP contribution in [0.1, 0.15) is 55.6 Å². The Morgan fingerprint density at radius 1 is 1.00 bits per heavy atom. The van der Waals surface area contributed by atoms with Crippen LogP contribution >= 0.6 is 0 Å². The molecule has 1 N–H and O–H groups in total. The first kappa shape index (κ1) is 26.4. The van der Waals surface area contributed by atoms with Crippen LogP contribution in [0.2, 0.25) is 0 Å². The van der Waals surface area contributed by atoms with Crippen LogP contribution in [0.5, 0.6) is 17.2 Å². The van der Waals surface area contributed by atoms with Crippen molar-refractivity contribution in [3.05, 3.63) is 59.9 Å². The second-order valence-electron chi connectivity index (χ2n) is 10.6. The molecule has 3 heterocycles. The van der Waals surface area contributed by atoms with E-state index in [4.69, 9.17) is 18.9 Å². The van der Waals surface area contributed by atoms with Crippen molar-refractivity contribution < 1.29 is 28.5 Å². The van der Waals surface area contributed by atoms with Gasteiger partial charge < -0.3 is 29.2 Å². The Kier molecular flexibility index (Phi) is 7.36. The smallest absolute Gasteiger partial charge is 0.410 e. The van der Waals surface area contributed by atoms with Crippen molar-refractivity contribution in [3.8, 4) is 22.9 Å². The normalized spacial score (nSPS) is 15.5. The summed E-state index contributed by atoms with van der Waals surface area (Å²) in [5, 5.41) is 7.61. The molecule has 0 aliphatic carbocycles. The van der Waals surface area contributed by atoms with Gasteiger partial charge in [0.05, 0.1) is 30.3 Å². The van der Waals surface area contributed by atoms with Crippen LogP contribution in [-0.2, 0) is 4.74 Å². The van der Waals surface area contributed by atoms with Gasteiger partial charge in [-0.3, -0.25) is 4.79 Å². The minimum Gasteiger partial charge on any atom is -0.497 e. The summed E-state index contributed by atoms with van der Waals surface area (Å²) < 4.78 is 23.9. The number of piperidine rings is 1. The quantitative estimate of drug-likeness (QED) is 0.490. The summed E-state index contributed by atoms with van der Waals surface area (Å²) in [6, 6.07) is 12.9. The molecule has 0 radical (unpaired) electrons. The Morgan fingerprint density at radius 2 is 1.69 bits per heavy atom. The molecule has 0 unspecified atom stereocenters. The van der Waals surface area contributed by atoms with Crippen molar-refractivity contribution in [2.45, 2.75) is 45.1 Å². The number of nitrogens with one attached hydrogen (secondary N) is 1. The largest absolute Gasteiger partial charge is 0.497 e. The van der Waals surface area contributed by atoms with Crippen molar-refractivity contribution >= 4 is 17.7 Å². The van der Waals surface area contributed by atoms with Gasteiger partial charge in [0.1, 0.15) is 24.6 Å². The number of methoxy groups -OCH3 is 1. The zero-order valence-electron chi connectivity index (χ0n) is 22.7. The van der Waals surface area contributed by atoms with Gasteiger partial charge >= 0.3 is 6.09 Å². The van der Waals surface area contributed by atoms with Crippen molar-refractivity contribution in [2.75, 3.05) is 38.7 Å². The lowest BCUT2D eigenvalue weighted by atomic mass is 9.90. The highest BCUT2D eigenvalue weighted by atomic mass is 16.6. The van der Waals surface area contributed by atoms with Gasteiger partial charge in [-0.25, -0.2) is 9.48 Å². The molecule has 2 aliphatic heterocycles. The number of nitrogens with zero attached hydrogens (tertiary/aromatic N) is 3.